The summed E-state index contributed by atoms with van der Waals surface area (Å²) in [6.45, 7) is 2.83. The standard InChI is InChI=1S/C41H38N6O8/c1-44-21-30(26-11-13-42-18-29(26)39(44)51)24-16-34(54-2)31(35(17-24)55-3)22-45-14-12-32-25(19-45)20-46(32)37(49)6-4-5-23-7-8-27-28(15-23)41(53)47(40(27)52)33-9-10-36(48)43-38(33)50/h7-8,11,13,15-18,21,25,32-33H,6,9-10,12,14,19-20,22H2,1-3H3,(H,43,48,50). The first kappa shape index (κ1) is 35.7. The zero-order valence-corrected chi connectivity index (χ0v) is 30.6. The molecule has 3 unspecified atom stereocenters. The Morgan fingerprint density at radius 2 is 1.69 bits per heavy atom. The van der Waals surface area contributed by atoms with Crippen LogP contribution in [-0.2, 0) is 28.0 Å². The van der Waals surface area contributed by atoms with Gasteiger partial charge in [0.1, 0.15) is 17.5 Å². The largest absolute Gasteiger partial charge is 0.496 e. The number of rotatable bonds is 7. The highest BCUT2D eigenvalue weighted by Gasteiger charge is 2.46. The molecule has 3 fully saturated rings. The number of benzene rings is 2. The number of methoxy groups -OCH3 is 2. The van der Waals surface area contributed by atoms with Crippen LogP contribution in [0.3, 0.4) is 0 Å². The Balaban J connectivity index is 0.896. The van der Waals surface area contributed by atoms with E-state index in [1.54, 1.807) is 44.3 Å². The first-order valence-corrected chi connectivity index (χ1v) is 18.1. The van der Waals surface area contributed by atoms with Gasteiger partial charge in [0.05, 0.1) is 42.7 Å². The zero-order valence-electron chi connectivity index (χ0n) is 30.6. The number of carbonyl (C=O) groups is 5. The Kier molecular flexibility index (Phi) is 9.18. The number of ether oxygens (including phenoxy) is 2. The summed E-state index contributed by atoms with van der Waals surface area (Å²) in [5.41, 5.74) is 3.33. The van der Waals surface area contributed by atoms with Gasteiger partial charge in [-0.15, -0.1) is 0 Å². The van der Waals surface area contributed by atoms with E-state index < -0.39 is 29.7 Å². The molecule has 0 aliphatic carbocycles. The highest BCUT2D eigenvalue weighted by atomic mass is 16.5. The van der Waals surface area contributed by atoms with Crippen LogP contribution in [0.25, 0.3) is 21.9 Å². The molecule has 3 saturated heterocycles. The lowest BCUT2D eigenvalue weighted by Crippen LogP contribution is -2.64. The molecule has 2 aromatic carbocycles. The van der Waals surface area contributed by atoms with Gasteiger partial charge in [-0.2, -0.15) is 0 Å². The van der Waals surface area contributed by atoms with Crippen molar-refractivity contribution < 1.29 is 33.4 Å². The number of amides is 5. The monoisotopic (exact) mass is 742 g/mol. The third kappa shape index (κ3) is 6.30. The summed E-state index contributed by atoms with van der Waals surface area (Å²) in [7, 11) is 5.00. The van der Waals surface area contributed by atoms with Crippen molar-refractivity contribution in [1.29, 1.82) is 0 Å². The zero-order chi connectivity index (χ0) is 38.5. The fraction of sp³-hybridized carbons (Fsp3) is 0.341. The third-order valence-corrected chi connectivity index (χ3v) is 11.1. The van der Waals surface area contributed by atoms with E-state index in [-0.39, 0.29) is 47.9 Å². The lowest BCUT2D eigenvalue weighted by Gasteiger charge is -2.53. The van der Waals surface area contributed by atoms with Crippen molar-refractivity contribution in [3.8, 4) is 34.5 Å². The number of piperidine rings is 2. The number of nitrogens with zero attached hydrogens (tertiary/aromatic N) is 5. The molecule has 3 atom stereocenters. The fourth-order valence-corrected chi connectivity index (χ4v) is 8.30. The quantitative estimate of drug-likeness (QED) is 0.220. The van der Waals surface area contributed by atoms with Gasteiger partial charge in [0.25, 0.3) is 17.4 Å². The number of hydrogen-bond donors (Lipinski definition) is 1. The Morgan fingerprint density at radius 1 is 0.927 bits per heavy atom. The number of imide groups is 2. The maximum Gasteiger partial charge on any atom is 0.262 e. The number of aryl methyl sites for hydroxylation is 1. The van der Waals surface area contributed by atoms with Gasteiger partial charge < -0.3 is 18.9 Å². The third-order valence-electron chi connectivity index (χ3n) is 11.1. The molecule has 5 amide bonds. The molecular weight excluding hydrogens is 704 g/mol. The average molecular weight is 743 g/mol. The minimum atomic E-state index is -1.04. The molecular formula is C41H38N6O8. The number of pyridine rings is 2. The molecule has 0 bridgehead atoms. The van der Waals surface area contributed by atoms with Gasteiger partial charge in [-0.1, -0.05) is 11.8 Å². The lowest BCUT2D eigenvalue weighted by molar-refractivity contribution is -0.147. The first-order chi connectivity index (χ1) is 26.6. The molecule has 4 aliphatic rings. The van der Waals surface area contributed by atoms with Crippen LogP contribution in [0, 0.1) is 17.8 Å². The van der Waals surface area contributed by atoms with Crippen molar-refractivity contribution in [3.63, 3.8) is 0 Å². The van der Waals surface area contributed by atoms with Crippen molar-refractivity contribution in [2.24, 2.45) is 13.0 Å². The van der Waals surface area contributed by atoms with Crippen molar-refractivity contribution >= 4 is 40.3 Å². The minimum Gasteiger partial charge on any atom is -0.496 e. The predicted molar refractivity (Wildman–Crippen MR) is 199 cm³/mol. The fourth-order valence-electron chi connectivity index (χ4n) is 8.30. The molecule has 280 valence electrons. The number of fused-ring (bicyclic) bond motifs is 3. The van der Waals surface area contributed by atoms with Gasteiger partial charge in [0, 0.05) is 81.3 Å². The number of nitrogens with one attached hydrogen (secondary N) is 1. The smallest absolute Gasteiger partial charge is 0.262 e. The molecule has 4 aliphatic heterocycles. The average Bonchev–Trinajstić information content (AvgIpc) is 3.41. The van der Waals surface area contributed by atoms with Crippen molar-refractivity contribution in [3.05, 3.63) is 87.6 Å². The van der Waals surface area contributed by atoms with Crippen molar-refractivity contribution in [1.82, 2.24) is 29.6 Å². The summed E-state index contributed by atoms with van der Waals surface area (Å²) >= 11 is 0. The molecule has 0 saturated carbocycles. The predicted octanol–water partition coefficient (Wildman–Crippen LogP) is 2.49. The molecule has 14 heteroatoms. The summed E-state index contributed by atoms with van der Waals surface area (Å²) in [6, 6.07) is 9.52. The van der Waals surface area contributed by atoms with Gasteiger partial charge >= 0.3 is 0 Å². The summed E-state index contributed by atoms with van der Waals surface area (Å²) in [5, 5.41) is 3.52. The van der Waals surface area contributed by atoms with E-state index >= 15 is 0 Å². The van der Waals surface area contributed by atoms with Crippen LogP contribution in [0.4, 0.5) is 0 Å². The first-order valence-electron chi connectivity index (χ1n) is 18.1. The van der Waals surface area contributed by atoms with Gasteiger partial charge in [-0.05, 0) is 60.2 Å². The Bertz CT molecular complexity index is 2420. The van der Waals surface area contributed by atoms with E-state index in [0.717, 1.165) is 46.5 Å². The molecule has 1 N–H and O–H groups in total. The number of aromatic nitrogens is 2. The van der Waals surface area contributed by atoms with Crippen LogP contribution >= 0.6 is 0 Å². The normalized spacial score (nSPS) is 20.7. The summed E-state index contributed by atoms with van der Waals surface area (Å²) in [5.74, 6) is 5.24. The maximum atomic E-state index is 13.2. The molecule has 55 heavy (non-hydrogen) atoms. The van der Waals surface area contributed by atoms with Crippen LogP contribution in [-0.4, -0.2) is 99.7 Å². The molecule has 0 spiro atoms. The highest BCUT2D eigenvalue weighted by Crippen LogP contribution is 2.40. The second kappa shape index (κ2) is 14.1. The molecule has 8 rings (SSSR count). The van der Waals surface area contributed by atoms with Crippen LogP contribution < -0.4 is 20.3 Å². The number of likely N-dealkylation sites (tertiary alicyclic amines) is 2. The molecule has 0 radical (unpaired) electrons. The lowest BCUT2D eigenvalue weighted by atomic mass is 9.82. The molecule has 6 heterocycles. The van der Waals surface area contributed by atoms with Crippen molar-refractivity contribution in [2.75, 3.05) is 33.9 Å². The summed E-state index contributed by atoms with van der Waals surface area (Å²) in [6.07, 6.45) is 6.03. The minimum absolute atomic E-state index is 0.0153. The Hall–Kier alpha value is -6.33. The SMILES string of the molecule is COc1cc(-c2cn(C)c(=O)c3cnccc23)cc(OC)c1CN1CCC2C(C1)CN2C(=O)CC#Cc1ccc2c(c1)C(=O)N(C1CCC(=O)NC1=O)C2=O. The van der Waals surface area contributed by atoms with E-state index in [2.05, 4.69) is 27.0 Å². The number of carbonyl (C=O) groups excluding carboxylic acids is 5. The van der Waals surface area contributed by atoms with Crippen LogP contribution in [0.1, 0.15) is 57.5 Å². The molecule has 2 aromatic heterocycles. The van der Waals surface area contributed by atoms with E-state index in [0.29, 0.717) is 41.5 Å². The van der Waals surface area contributed by atoms with Crippen LogP contribution in [0.15, 0.2) is 59.8 Å². The second-order valence-corrected chi connectivity index (χ2v) is 14.3. The summed E-state index contributed by atoms with van der Waals surface area (Å²) in [4.78, 5) is 85.4. The van der Waals surface area contributed by atoms with E-state index in [9.17, 15) is 28.8 Å². The van der Waals surface area contributed by atoms with E-state index in [1.165, 1.54) is 12.1 Å². The molecule has 14 nitrogen and oxygen atoms in total. The Morgan fingerprint density at radius 3 is 2.42 bits per heavy atom. The van der Waals surface area contributed by atoms with Gasteiger partial charge in [0.2, 0.25) is 17.7 Å². The topological polar surface area (TPSA) is 160 Å². The maximum absolute atomic E-state index is 13.2. The van der Waals surface area contributed by atoms with Crippen LogP contribution in [0.5, 0.6) is 11.5 Å². The van der Waals surface area contributed by atoms with Gasteiger partial charge in [-0.3, -0.25) is 48.9 Å². The summed E-state index contributed by atoms with van der Waals surface area (Å²) < 4.78 is 13.3. The van der Waals surface area contributed by atoms with E-state index in [4.69, 9.17) is 9.47 Å². The molecule has 4 aromatic rings. The Labute approximate surface area is 316 Å². The van der Waals surface area contributed by atoms with E-state index in [1.807, 2.05) is 29.3 Å². The van der Waals surface area contributed by atoms with Crippen molar-refractivity contribution in [2.45, 2.75) is 44.3 Å². The van der Waals surface area contributed by atoms with Crippen LogP contribution in [0.2, 0.25) is 0 Å². The second-order valence-electron chi connectivity index (χ2n) is 14.3. The van der Waals surface area contributed by atoms with Gasteiger partial charge in [-0.25, -0.2) is 0 Å². The highest BCUT2D eigenvalue weighted by molar-refractivity contribution is 6.23. The van der Waals surface area contributed by atoms with Gasteiger partial charge in [0.15, 0.2) is 0 Å². The number of hydrogen-bond acceptors (Lipinski definition) is 10.